The number of hydrogen-bond donors (Lipinski definition) is 3. The molecule has 1 heterocycles. The van der Waals surface area contributed by atoms with Crippen LogP contribution < -0.4 is 10.6 Å². The number of H-pyrrole nitrogens is 1. The normalized spacial score (nSPS) is 13.0. The maximum atomic E-state index is 12.3. The van der Waals surface area contributed by atoms with E-state index in [-0.39, 0.29) is 30.2 Å². The van der Waals surface area contributed by atoms with E-state index in [0.717, 1.165) is 5.52 Å². The summed E-state index contributed by atoms with van der Waals surface area (Å²) >= 11 is 0. The Morgan fingerprint density at radius 2 is 1.73 bits per heavy atom. The SMILES string of the molecule is CNCC(C)C(=O)NCC(c1ccccc1)c1c[nH]c2ccccc12.Cl. The average molecular weight is 372 g/mol. The van der Waals surface area contributed by atoms with Crippen LogP contribution in [0.5, 0.6) is 0 Å². The molecule has 4 nitrogen and oxygen atoms in total. The molecule has 138 valence electrons. The van der Waals surface area contributed by atoms with Crippen LogP contribution in [0.25, 0.3) is 10.9 Å². The molecule has 0 fully saturated rings. The van der Waals surface area contributed by atoms with E-state index in [4.69, 9.17) is 0 Å². The molecule has 2 unspecified atom stereocenters. The number of halogens is 1. The molecule has 3 rings (SSSR count). The molecule has 0 aliphatic carbocycles. The first-order chi connectivity index (χ1) is 12.2. The summed E-state index contributed by atoms with van der Waals surface area (Å²) in [5, 5.41) is 7.38. The van der Waals surface area contributed by atoms with E-state index in [1.165, 1.54) is 16.5 Å². The maximum absolute atomic E-state index is 12.3. The molecule has 0 radical (unpaired) electrons. The molecule has 0 bridgehead atoms. The lowest BCUT2D eigenvalue weighted by Gasteiger charge is -2.20. The number of para-hydroxylation sites is 1. The molecular formula is C21H26ClN3O. The van der Waals surface area contributed by atoms with E-state index in [2.05, 4.69) is 52.1 Å². The van der Waals surface area contributed by atoms with Crippen molar-refractivity contribution in [3.8, 4) is 0 Å². The van der Waals surface area contributed by atoms with Crippen LogP contribution in [0.4, 0.5) is 0 Å². The summed E-state index contributed by atoms with van der Waals surface area (Å²) in [6, 6.07) is 18.6. The third-order valence-electron chi connectivity index (χ3n) is 4.64. The fourth-order valence-corrected chi connectivity index (χ4v) is 3.25. The van der Waals surface area contributed by atoms with E-state index >= 15 is 0 Å². The van der Waals surface area contributed by atoms with Crippen LogP contribution in [-0.4, -0.2) is 31.0 Å². The first-order valence-corrected chi connectivity index (χ1v) is 8.74. The molecule has 2 atom stereocenters. The zero-order valence-electron chi connectivity index (χ0n) is 15.2. The highest BCUT2D eigenvalue weighted by Gasteiger charge is 2.20. The number of nitrogens with one attached hydrogen (secondary N) is 3. The standard InChI is InChI=1S/C21H25N3O.ClH/c1-15(12-22-2)21(25)24-13-18(16-8-4-3-5-9-16)19-14-23-20-11-7-6-10-17(19)20;/h3-11,14-15,18,22-23H,12-13H2,1-2H3,(H,24,25);1H. The Labute approximate surface area is 160 Å². The minimum Gasteiger partial charge on any atom is -0.361 e. The minimum absolute atomic E-state index is 0. The van der Waals surface area contributed by atoms with Crippen LogP contribution in [0.15, 0.2) is 60.8 Å². The van der Waals surface area contributed by atoms with Crippen molar-refractivity contribution in [1.82, 2.24) is 15.6 Å². The lowest BCUT2D eigenvalue weighted by Crippen LogP contribution is -2.36. The summed E-state index contributed by atoms with van der Waals surface area (Å²) < 4.78 is 0. The number of carbonyl (C=O) groups is 1. The quantitative estimate of drug-likeness (QED) is 0.593. The summed E-state index contributed by atoms with van der Waals surface area (Å²) in [4.78, 5) is 15.7. The number of fused-ring (bicyclic) bond motifs is 1. The molecule has 5 heteroatoms. The molecular weight excluding hydrogens is 346 g/mol. The lowest BCUT2D eigenvalue weighted by atomic mass is 9.90. The van der Waals surface area contributed by atoms with Crippen LogP contribution in [0.1, 0.15) is 24.0 Å². The van der Waals surface area contributed by atoms with Gasteiger partial charge in [0.25, 0.3) is 0 Å². The van der Waals surface area contributed by atoms with Gasteiger partial charge in [-0.2, -0.15) is 0 Å². The monoisotopic (exact) mass is 371 g/mol. The van der Waals surface area contributed by atoms with Crippen LogP contribution in [-0.2, 0) is 4.79 Å². The number of amides is 1. The van der Waals surface area contributed by atoms with Gasteiger partial charge < -0.3 is 15.6 Å². The molecule has 0 saturated heterocycles. The second-order valence-corrected chi connectivity index (χ2v) is 6.46. The van der Waals surface area contributed by atoms with E-state index in [0.29, 0.717) is 13.1 Å². The molecule has 0 aliphatic heterocycles. The predicted octanol–water partition coefficient (Wildman–Crippen LogP) is 3.69. The van der Waals surface area contributed by atoms with E-state index in [9.17, 15) is 4.79 Å². The molecule has 0 aliphatic rings. The zero-order chi connectivity index (χ0) is 17.6. The minimum atomic E-state index is -0.0515. The van der Waals surface area contributed by atoms with Gasteiger partial charge in [-0.05, 0) is 24.2 Å². The second kappa shape index (κ2) is 9.41. The molecule has 0 saturated carbocycles. The van der Waals surface area contributed by atoms with Crippen molar-refractivity contribution < 1.29 is 4.79 Å². The van der Waals surface area contributed by atoms with Crippen molar-refractivity contribution in [2.45, 2.75) is 12.8 Å². The largest absolute Gasteiger partial charge is 0.361 e. The molecule has 1 amide bonds. The Bertz CT molecular complexity index is 831. The zero-order valence-corrected chi connectivity index (χ0v) is 16.0. The Morgan fingerprint density at radius 1 is 1.04 bits per heavy atom. The number of rotatable bonds is 7. The second-order valence-electron chi connectivity index (χ2n) is 6.46. The average Bonchev–Trinajstić information content (AvgIpc) is 3.07. The van der Waals surface area contributed by atoms with Crippen molar-refractivity contribution in [2.24, 2.45) is 5.92 Å². The fourth-order valence-electron chi connectivity index (χ4n) is 3.25. The number of benzene rings is 2. The summed E-state index contributed by atoms with van der Waals surface area (Å²) in [6.45, 7) is 3.20. The molecule has 3 N–H and O–H groups in total. The van der Waals surface area contributed by atoms with Gasteiger partial charge in [0.2, 0.25) is 5.91 Å². The van der Waals surface area contributed by atoms with Gasteiger partial charge in [-0.15, -0.1) is 12.4 Å². The summed E-state index contributed by atoms with van der Waals surface area (Å²) in [5.74, 6) is 0.141. The summed E-state index contributed by atoms with van der Waals surface area (Å²) in [5.41, 5.74) is 3.53. The van der Waals surface area contributed by atoms with Crippen LogP contribution in [0, 0.1) is 5.92 Å². The maximum Gasteiger partial charge on any atom is 0.224 e. The van der Waals surface area contributed by atoms with Crippen molar-refractivity contribution in [2.75, 3.05) is 20.1 Å². The van der Waals surface area contributed by atoms with Crippen LogP contribution >= 0.6 is 12.4 Å². The first-order valence-electron chi connectivity index (χ1n) is 8.74. The van der Waals surface area contributed by atoms with Gasteiger partial charge in [0.15, 0.2) is 0 Å². The van der Waals surface area contributed by atoms with Gasteiger partial charge in [0.1, 0.15) is 0 Å². The fraction of sp³-hybridized carbons (Fsp3) is 0.286. The van der Waals surface area contributed by atoms with Gasteiger partial charge in [0, 0.05) is 42.0 Å². The van der Waals surface area contributed by atoms with Gasteiger partial charge in [-0.3, -0.25) is 4.79 Å². The smallest absolute Gasteiger partial charge is 0.224 e. The predicted molar refractivity (Wildman–Crippen MR) is 110 cm³/mol. The van der Waals surface area contributed by atoms with Gasteiger partial charge in [-0.1, -0.05) is 55.5 Å². The summed E-state index contributed by atoms with van der Waals surface area (Å²) in [6.07, 6.45) is 2.06. The van der Waals surface area contributed by atoms with Crippen molar-refractivity contribution in [3.63, 3.8) is 0 Å². The molecule has 3 aromatic rings. The van der Waals surface area contributed by atoms with E-state index < -0.39 is 0 Å². The Balaban J connectivity index is 0.00000243. The van der Waals surface area contributed by atoms with Crippen molar-refractivity contribution in [1.29, 1.82) is 0 Å². The van der Waals surface area contributed by atoms with Gasteiger partial charge in [0.05, 0.1) is 0 Å². The summed E-state index contributed by atoms with van der Waals surface area (Å²) in [7, 11) is 1.86. The molecule has 26 heavy (non-hydrogen) atoms. The van der Waals surface area contributed by atoms with Gasteiger partial charge in [-0.25, -0.2) is 0 Å². The molecule has 1 aromatic heterocycles. The van der Waals surface area contributed by atoms with Gasteiger partial charge >= 0.3 is 0 Å². The number of aromatic nitrogens is 1. The van der Waals surface area contributed by atoms with E-state index in [1.807, 2.05) is 38.2 Å². The van der Waals surface area contributed by atoms with Crippen LogP contribution in [0.3, 0.4) is 0 Å². The third kappa shape index (κ3) is 4.45. The van der Waals surface area contributed by atoms with Crippen molar-refractivity contribution >= 4 is 29.2 Å². The first kappa shape index (κ1) is 20.0. The Kier molecular flexibility index (Phi) is 7.25. The highest BCUT2D eigenvalue weighted by atomic mass is 35.5. The molecule has 2 aromatic carbocycles. The highest BCUT2D eigenvalue weighted by Crippen LogP contribution is 2.30. The molecule has 0 spiro atoms. The van der Waals surface area contributed by atoms with Crippen molar-refractivity contribution in [3.05, 3.63) is 71.9 Å². The topological polar surface area (TPSA) is 56.9 Å². The Morgan fingerprint density at radius 3 is 2.46 bits per heavy atom. The number of hydrogen-bond acceptors (Lipinski definition) is 2. The number of carbonyl (C=O) groups excluding carboxylic acids is 1. The van der Waals surface area contributed by atoms with E-state index in [1.54, 1.807) is 0 Å². The lowest BCUT2D eigenvalue weighted by molar-refractivity contribution is -0.124. The third-order valence-corrected chi connectivity index (χ3v) is 4.64. The van der Waals surface area contributed by atoms with Crippen LogP contribution in [0.2, 0.25) is 0 Å². The Hall–Kier alpha value is -2.30. The highest BCUT2D eigenvalue weighted by molar-refractivity contribution is 5.85. The number of aromatic amines is 1.